The van der Waals surface area contributed by atoms with Crippen molar-refractivity contribution < 1.29 is 21.9 Å². The Kier molecular flexibility index (Phi) is 3.58. The molecule has 0 aliphatic carbocycles. The maximum Gasteiger partial charge on any atom is 0.416 e. The molecule has 1 rings (SSSR count). The van der Waals surface area contributed by atoms with Crippen molar-refractivity contribution >= 4 is 28.6 Å². The van der Waals surface area contributed by atoms with Crippen molar-refractivity contribution in [3.8, 4) is 0 Å². The number of hydrogen-bond acceptors (Lipinski definition) is 2. The van der Waals surface area contributed by atoms with E-state index in [1.807, 2.05) is 4.72 Å². The Bertz CT molecular complexity index is 396. The summed E-state index contributed by atoms with van der Waals surface area (Å²) in [4.78, 5) is 0. The van der Waals surface area contributed by atoms with E-state index in [9.17, 15) is 21.9 Å². The molecule has 3 nitrogen and oxygen atoms in total. The van der Waals surface area contributed by atoms with Crippen molar-refractivity contribution in [1.82, 2.24) is 0 Å². The Morgan fingerprint density at radius 1 is 1.40 bits per heavy atom. The van der Waals surface area contributed by atoms with Crippen LogP contribution in [0.5, 0.6) is 0 Å². The van der Waals surface area contributed by atoms with Crippen LogP contribution in [0.4, 0.5) is 18.9 Å². The van der Waals surface area contributed by atoms with Gasteiger partial charge in [0.15, 0.2) is 0 Å². The van der Waals surface area contributed by atoms with Crippen LogP contribution < -0.4 is 4.72 Å². The molecule has 1 aromatic rings. The molecule has 0 saturated carbocycles. The maximum atomic E-state index is 12.2. The molecule has 84 valence electrons. The molecule has 1 N–H and O–H groups in total. The van der Waals surface area contributed by atoms with Crippen LogP contribution in [-0.4, -0.2) is 8.76 Å². The molecule has 0 aliphatic rings. The summed E-state index contributed by atoms with van der Waals surface area (Å²) in [5.74, 6) is 0. The van der Waals surface area contributed by atoms with Crippen molar-refractivity contribution in [2.75, 3.05) is 4.72 Å². The van der Waals surface area contributed by atoms with E-state index < -0.39 is 23.0 Å². The van der Waals surface area contributed by atoms with E-state index in [4.69, 9.17) is 11.6 Å². The minimum Gasteiger partial charge on any atom is -0.755 e. The lowest BCUT2D eigenvalue weighted by Crippen LogP contribution is -2.07. The SMILES string of the molecule is O=S([O-])Nc1ccc(C(F)(F)F)cc1Cl. The van der Waals surface area contributed by atoms with Gasteiger partial charge in [0.2, 0.25) is 0 Å². The van der Waals surface area contributed by atoms with Gasteiger partial charge in [-0.25, -0.2) is 0 Å². The smallest absolute Gasteiger partial charge is 0.416 e. The van der Waals surface area contributed by atoms with E-state index >= 15 is 0 Å². The summed E-state index contributed by atoms with van der Waals surface area (Å²) in [5, 5.41) is -0.311. The lowest BCUT2D eigenvalue weighted by molar-refractivity contribution is -0.137. The first-order valence-corrected chi connectivity index (χ1v) is 4.98. The standard InChI is InChI=1S/C7H5ClF3NO2S/c8-5-3-4(7(9,10)11)1-2-6(5)12-15(13)14/h1-3,12H,(H,13,14)/p-1. The van der Waals surface area contributed by atoms with Gasteiger partial charge in [0.05, 0.1) is 16.3 Å². The quantitative estimate of drug-likeness (QED) is 0.829. The number of halogens is 4. The Morgan fingerprint density at radius 2 is 2.00 bits per heavy atom. The Balaban J connectivity index is 3.03. The Morgan fingerprint density at radius 3 is 2.40 bits per heavy atom. The van der Waals surface area contributed by atoms with Gasteiger partial charge in [-0.15, -0.1) is 0 Å². The summed E-state index contributed by atoms with van der Waals surface area (Å²) in [7, 11) is 0. The molecular formula is C7H4ClF3NO2S-. The van der Waals surface area contributed by atoms with Gasteiger partial charge in [0, 0.05) is 11.3 Å². The normalized spacial score (nSPS) is 13.7. The lowest BCUT2D eigenvalue weighted by atomic mass is 10.2. The van der Waals surface area contributed by atoms with Crippen LogP contribution >= 0.6 is 11.6 Å². The molecule has 0 bridgehead atoms. The van der Waals surface area contributed by atoms with Gasteiger partial charge in [-0.1, -0.05) is 11.6 Å². The fourth-order valence-electron chi connectivity index (χ4n) is 0.864. The van der Waals surface area contributed by atoms with Gasteiger partial charge in [-0.3, -0.25) is 4.21 Å². The zero-order chi connectivity index (χ0) is 11.6. The minimum absolute atomic E-state index is 0.0991. The third-order valence-corrected chi connectivity index (χ3v) is 2.19. The molecule has 0 saturated heterocycles. The van der Waals surface area contributed by atoms with E-state index in [1.165, 1.54) is 0 Å². The van der Waals surface area contributed by atoms with Crippen LogP contribution in [0.25, 0.3) is 0 Å². The van der Waals surface area contributed by atoms with Gasteiger partial charge in [-0.05, 0) is 18.2 Å². The van der Waals surface area contributed by atoms with E-state index in [-0.39, 0.29) is 10.7 Å². The average molecular weight is 259 g/mol. The first-order chi connectivity index (χ1) is 6.80. The van der Waals surface area contributed by atoms with Crippen molar-refractivity contribution in [3.63, 3.8) is 0 Å². The number of hydrogen-bond donors (Lipinski definition) is 1. The molecule has 1 aromatic carbocycles. The Hall–Kier alpha value is -0.790. The molecule has 8 heteroatoms. The highest BCUT2D eigenvalue weighted by molar-refractivity contribution is 7.80. The summed E-state index contributed by atoms with van der Waals surface area (Å²) >= 11 is 2.82. The van der Waals surface area contributed by atoms with Gasteiger partial charge < -0.3 is 9.27 Å². The Labute approximate surface area is 90.7 Å². The summed E-state index contributed by atoms with van der Waals surface area (Å²) in [6, 6.07) is 2.33. The second kappa shape index (κ2) is 4.38. The highest BCUT2D eigenvalue weighted by Gasteiger charge is 2.30. The highest BCUT2D eigenvalue weighted by Crippen LogP contribution is 2.33. The molecular weight excluding hydrogens is 255 g/mol. The zero-order valence-corrected chi connectivity index (χ0v) is 8.54. The van der Waals surface area contributed by atoms with Crippen LogP contribution in [0.15, 0.2) is 18.2 Å². The molecule has 0 aromatic heterocycles. The molecule has 0 fully saturated rings. The molecule has 0 spiro atoms. The van der Waals surface area contributed by atoms with Crippen LogP contribution in [0, 0.1) is 0 Å². The summed E-state index contributed by atoms with van der Waals surface area (Å²) in [6.45, 7) is 0. The van der Waals surface area contributed by atoms with Gasteiger partial charge >= 0.3 is 6.18 Å². The van der Waals surface area contributed by atoms with Crippen LogP contribution in [0.2, 0.25) is 5.02 Å². The lowest BCUT2D eigenvalue weighted by Gasteiger charge is -2.12. The van der Waals surface area contributed by atoms with Crippen LogP contribution in [-0.2, 0) is 17.4 Å². The van der Waals surface area contributed by atoms with Gasteiger partial charge in [0.25, 0.3) is 0 Å². The molecule has 15 heavy (non-hydrogen) atoms. The molecule has 1 unspecified atom stereocenters. The second-order valence-electron chi connectivity index (χ2n) is 2.53. The van der Waals surface area contributed by atoms with Crippen molar-refractivity contribution in [2.24, 2.45) is 0 Å². The summed E-state index contributed by atoms with van der Waals surface area (Å²) in [5.41, 5.74) is -1.03. The van der Waals surface area contributed by atoms with Gasteiger partial charge in [-0.2, -0.15) is 13.2 Å². The third kappa shape index (κ3) is 3.37. The maximum absolute atomic E-state index is 12.2. The fourth-order valence-corrected chi connectivity index (χ4v) is 1.51. The van der Waals surface area contributed by atoms with E-state index in [0.717, 1.165) is 12.1 Å². The highest BCUT2D eigenvalue weighted by atomic mass is 35.5. The molecule has 0 amide bonds. The first-order valence-electron chi connectivity index (χ1n) is 3.53. The molecule has 1 atom stereocenters. The van der Waals surface area contributed by atoms with Crippen molar-refractivity contribution in [2.45, 2.75) is 6.18 Å². The van der Waals surface area contributed by atoms with E-state index in [2.05, 4.69) is 0 Å². The first kappa shape index (κ1) is 12.3. The molecule has 0 radical (unpaired) electrons. The molecule has 0 heterocycles. The summed E-state index contributed by atoms with van der Waals surface area (Å²) in [6.07, 6.45) is -4.50. The monoisotopic (exact) mass is 258 g/mol. The molecule has 0 aliphatic heterocycles. The number of alkyl halides is 3. The predicted molar refractivity (Wildman–Crippen MR) is 49.0 cm³/mol. The zero-order valence-electron chi connectivity index (χ0n) is 6.97. The third-order valence-electron chi connectivity index (χ3n) is 1.49. The number of benzene rings is 1. The van der Waals surface area contributed by atoms with Crippen molar-refractivity contribution in [1.29, 1.82) is 0 Å². The minimum atomic E-state index is -4.50. The van der Waals surface area contributed by atoms with Crippen LogP contribution in [0.1, 0.15) is 5.56 Å². The largest absolute Gasteiger partial charge is 0.755 e. The van der Waals surface area contributed by atoms with Gasteiger partial charge in [0.1, 0.15) is 0 Å². The van der Waals surface area contributed by atoms with Crippen LogP contribution in [0.3, 0.4) is 0 Å². The van der Waals surface area contributed by atoms with E-state index in [0.29, 0.717) is 6.07 Å². The topological polar surface area (TPSA) is 52.2 Å². The number of nitrogens with one attached hydrogen (secondary N) is 1. The number of anilines is 1. The second-order valence-corrected chi connectivity index (χ2v) is 3.61. The average Bonchev–Trinajstić information content (AvgIpc) is 2.05. The predicted octanol–water partition coefficient (Wildman–Crippen LogP) is 2.56. The van der Waals surface area contributed by atoms with E-state index in [1.54, 1.807) is 0 Å². The number of rotatable bonds is 2. The summed E-state index contributed by atoms with van der Waals surface area (Å²) < 4.78 is 58.8. The fraction of sp³-hybridized carbons (Fsp3) is 0.143. The van der Waals surface area contributed by atoms with Crippen molar-refractivity contribution in [3.05, 3.63) is 28.8 Å².